The summed E-state index contributed by atoms with van der Waals surface area (Å²) in [5, 5.41) is 6.97. The maximum absolute atomic E-state index is 13.3. The van der Waals surface area contributed by atoms with E-state index in [1.165, 1.54) is 18.2 Å². The average molecular weight is 495 g/mol. The van der Waals surface area contributed by atoms with Crippen LogP contribution in [0.2, 0.25) is 0 Å². The number of amidine groups is 1. The Morgan fingerprint density at radius 3 is 2.81 bits per heavy atom. The van der Waals surface area contributed by atoms with Crippen LogP contribution in [0.1, 0.15) is 12.8 Å². The number of rotatable bonds is 7. The first-order chi connectivity index (χ1) is 14.9. The Kier molecular flexibility index (Phi) is 7.75. The molecule has 166 valence electrons. The molecule has 0 saturated carbocycles. The number of ketones is 1. The van der Waals surface area contributed by atoms with Gasteiger partial charge in [-0.15, -0.1) is 0 Å². The third-order valence-electron chi connectivity index (χ3n) is 4.97. The number of Topliss-reactive ketones (excluding diaryl/α,β-unsaturated/α-hetero) is 1. The minimum Gasteiger partial charge on any atom is -0.383 e. The van der Waals surface area contributed by atoms with Crippen LogP contribution < -0.4 is 11.1 Å². The van der Waals surface area contributed by atoms with Gasteiger partial charge in [-0.2, -0.15) is 5.10 Å². The van der Waals surface area contributed by atoms with Gasteiger partial charge in [0.05, 0.1) is 35.2 Å². The zero-order chi connectivity index (χ0) is 22.4. The molecule has 0 atom stereocenters. The molecule has 2 heterocycles. The normalized spacial score (nSPS) is 15.2. The Balaban J connectivity index is 1.51. The smallest absolute Gasteiger partial charge is 0.321 e. The van der Waals surface area contributed by atoms with E-state index in [1.807, 2.05) is 0 Å². The van der Waals surface area contributed by atoms with E-state index >= 15 is 0 Å². The molecule has 0 unspecified atom stereocenters. The largest absolute Gasteiger partial charge is 0.383 e. The lowest BCUT2D eigenvalue weighted by atomic mass is 9.92. The summed E-state index contributed by atoms with van der Waals surface area (Å²) in [4.78, 5) is 30.9. The number of carbonyl (C=O) groups is 2. The van der Waals surface area contributed by atoms with E-state index in [-0.39, 0.29) is 28.0 Å². The Hall–Kier alpha value is -2.79. The summed E-state index contributed by atoms with van der Waals surface area (Å²) in [5.74, 6) is -1.12. The SMILES string of the molecule is COCCn1cc(NC(=O)N2CCC(C(=O)C(N)=Nc3ccc(F)c(Br)c3)CC2)cn1. The van der Waals surface area contributed by atoms with Gasteiger partial charge in [-0.1, -0.05) is 0 Å². The summed E-state index contributed by atoms with van der Waals surface area (Å²) in [6.45, 7) is 1.98. The first-order valence-corrected chi connectivity index (χ1v) is 10.6. The Morgan fingerprint density at radius 2 is 2.13 bits per heavy atom. The van der Waals surface area contributed by atoms with E-state index < -0.39 is 5.82 Å². The summed E-state index contributed by atoms with van der Waals surface area (Å²) in [6, 6.07) is 3.92. The number of ether oxygens (including phenoxy) is 1. The molecule has 1 aliphatic rings. The van der Waals surface area contributed by atoms with Gasteiger partial charge in [-0.05, 0) is 47.0 Å². The number of hydrogen-bond acceptors (Lipinski definition) is 5. The second kappa shape index (κ2) is 10.5. The number of piperidine rings is 1. The number of carbonyl (C=O) groups excluding carboxylic acids is 2. The van der Waals surface area contributed by atoms with Crippen LogP contribution in [-0.4, -0.2) is 59.1 Å². The molecule has 3 N–H and O–H groups in total. The number of likely N-dealkylation sites (tertiary alicyclic amines) is 1. The van der Waals surface area contributed by atoms with Crippen molar-refractivity contribution < 1.29 is 18.7 Å². The summed E-state index contributed by atoms with van der Waals surface area (Å²) < 4.78 is 20.3. The lowest BCUT2D eigenvalue weighted by Gasteiger charge is -2.31. The molecule has 3 rings (SSSR count). The summed E-state index contributed by atoms with van der Waals surface area (Å²) in [5.41, 5.74) is 6.87. The Morgan fingerprint density at radius 1 is 1.39 bits per heavy atom. The number of anilines is 1. The van der Waals surface area contributed by atoms with E-state index in [2.05, 4.69) is 31.3 Å². The van der Waals surface area contributed by atoms with Crippen LogP contribution in [0, 0.1) is 11.7 Å². The second-order valence-electron chi connectivity index (χ2n) is 7.14. The number of nitrogens with zero attached hydrogens (tertiary/aromatic N) is 4. The van der Waals surface area contributed by atoms with Gasteiger partial charge in [0.25, 0.3) is 0 Å². The molecule has 1 aromatic carbocycles. The topological polar surface area (TPSA) is 115 Å². The highest BCUT2D eigenvalue weighted by atomic mass is 79.9. The van der Waals surface area contributed by atoms with Gasteiger partial charge >= 0.3 is 6.03 Å². The predicted octanol–water partition coefficient (Wildman–Crippen LogP) is 2.93. The van der Waals surface area contributed by atoms with Gasteiger partial charge in [0.1, 0.15) is 5.82 Å². The first-order valence-electron chi connectivity index (χ1n) is 9.78. The predicted molar refractivity (Wildman–Crippen MR) is 118 cm³/mol. The number of halogens is 2. The Bertz CT molecular complexity index is 972. The third-order valence-corrected chi connectivity index (χ3v) is 5.57. The lowest BCUT2D eigenvalue weighted by molar-refractivity contribution is -0.117. The van der Waals surface area contributed by atoms with Crippen LogP contribution in [-0.2, 0) is 16.1 Å². The zero-order valence-corrected chi connectivity index (χ0v) is 18.6. The molecule has 0 bridgehead atoms. The van der Waals surface area contributed by atoms with Gasteiger partial charge in [0, 0.05) is 32.3 Å². The fourth-order valence-corrected chi connectivity index (χ4v) is 3.61. The van der Waals surface area contributed by atoms with Crippen LogP contribution >= 0.6 is 15.9 Å². The molecule has 11 heteroatoms. The number of aromatic nitrogens is 2. The molecular weight excluding hydrogens is 471 g/mol. The van der Waals surface area contributed by atoms with Crippen molar-refractivity contribution in [3.8, 4) is 0 Å². The fourth-order valence-electron chi connectivity index (χ4n) is 3.24. The first kappa shape index (κ1) is 22.9. The maximum atomic E-state index is 13.3. The van der Waals surface area contributed by atoms with Gasteiger partial charge in [0.15, 0.2) is 5.84 Å². The van der Waals surface area contributed by atoms with Gasteiger partial charge in [0.2, 0.25) is 5.78 Å². The molecular formula is C20H24BrFN6O3. The van der Waals surface area contributed by atoms with Crippen molar-refractivity contribution in [2.45, 2.75) is 19.4 Å². The Labute approximate surface area is 187 Å². The third kappa shape index (κ3) is 6.11. The highest BCUT2D eigenvalue weighted by molar-refractivity contribution is 9.10. The van der Waals surface area contributed by atoms with Gasteiger partial charge in [-0.25, -0.2) is 14.2 Å². The molecule has 1 fully saturated rings. The van der Waals surface area contributed by atoms with E-state index in [1.54, 1.807) is 29.1 Å². The number of methoxy groups -OCH3 is 1. The van der Waals surface area contributed by atoms with Crippen molar-refractivity contribution in [2.75, 3.05) is 32.1 Å². The van der Waals surface area contributed by atoms with Crippen molar-refractivity contribution in [1.29, 1.82) is 0 Å². The zero-order valence-electron chi connectivity index (χ0n) is 17.1. The summed E-state index contributed by atoms with van der Waals surface area (Å²) in [7, 11) is 1.61. The van der Waals surface area contributed by atoms with Crippen LogP contribution in [0.25, 0.3) is 0 Å². The van der Waals surface area contributed by atoms with E-state index in [4.69, 9.17) is 10.5 Å². The van der Waals surface area contributed by atoms with Gasteiger partial charge < -0.3 is 20.7 Å². The molecule has 1 saturated heterocycles. The molecule has 0 aliphatic carbocycles. The van der Waals surface area contributed by atoms with Crippen LogP contribution in [0.3, 0.4) is 0 Å². The number of nitrogens with two attached hydrogens (primary N) is 1. The van der Waals surface area contributed by atoms with E-state index in [9.17, 15) is 14.0 Å². The number of urea groups is 1. The maximum Gasteiger partial charge on any atom is 0.321 e. The number of aliphatic imine (C=N–C) groups is 1. The van der Waals surface area contributed by atoms with Crippen molar-refractivity contribution in [1.82, 2.24) is 14.7 Å². The van der Waals surface area contributed by atoms with Crippen molar-refractivity contribution in [3.05, 3.63) is 40.9 Å². The highest BCUT2D eigenvalue weighted by Crippen LogP contribution is 2.23. The molecule has 9 nitrogen and oxygen atoms in total. The highest BCUT2D eigenvalue weighted by Gasteiger charge is 2.29. The average Bonchev–Trinajstić information content (AvgIpc) is 3.21. The van der Waals surface area contributed by atoms with Gasteiger partial charge in [-0.3, -0.25) is 9.48 Å². The summed E-state index contributed by atoms with van der Waals surface area (Å²) in [6.07, 6.45) is 4.29. The molecule has 0 spiro atoms. The molecule has 1 aromatic heterocycles. The quantitative estimate of drug-likeness (QED) is 0.453. The minimum atomic E-state index is -0.420. The van der Waals surface area contributed by atoms with Crippen molar-refractivity contribution >= 4 is 45.0 Å². The number of benzene rings is 1. The number of hydrogen-bond donors (Lipinski definition) is 2. The van der Waals surface area contributed by atoms with Crippen molar-refractivity contribution in [3.63, 3.8) is 0 Å². The van der Waals surface area contributed by atoms with Crippen LogP contribution in [0.15, 0.2) is 40.1 Å². The molecule has 2 aromatic rings. The van der Waals surface area contributed by atoms with E-state index in [0.29, 0.717) is 50.5 Å². The number of nitrogens with one attached hydrogen (secondary N) is 1. The standard InChI is InChI=1S/C20H24BrFN6O3/c1-31-9-8-28-12-15(11-24-28)26-20(30)27-6-4-13(5-7-27)18(29)19(23)25-14-2-3-17(22)16(21)10-14/h2-3,10-13H,4-9H2,1H3,(H2,23,25)(H,26,30). The van der Waals surface area contributed by atoms with Crippen LogP contribution in [0.4, 0.5) is 20.6 Å². The number of amides is 2. The monoisotopic (exact) mass is 494 g/mol. The molecule has 1 aliphatic heterocycles. The molecule has 31 heavy (non-hydrogen) atoms. The molecule has 2 amide bonds. The van der Waals surface area contributed by atoms with Crippen molar-refractivity contribution in [2.24, 2.45) is 16.6 Å². The minimum absolute atomic E-state index is 0.120. The fraction of sp³-hybridized carbons (Fsp3) is 0.400. The molecule has 0 radical (unpaired) electrons. The lowest BCUT2D eigenvalue weighted by Crippen LogP contribution is -2.44. The van der Waals surface area contributed by atoms with Crippen LogP contribution in [0.5, 0.6) is 0 Å². The summed E-state index contributed by atoms with van der Waals surface area (Å²) >= 11 is 3.08. The van der Waals surface area contributed by atoms with E-state index in [0.717, 1.165) is 0 Å². The second-order valence-corrected chi connectivity index (χ2v) is 7.99.